The first-order valence-electron chi connectivity index (χ1n) is 9.15. The van der Waals surface area contributed by atoms with E-state index in [4.69, 9.17) is 15.2 Å². The van der Waals surface area contributed by atoms with Gasteiger partial charge in [0.25, 0.3) is 0 Å². The third-order valence-corrected chi connectivity index (χ3v) is 4.83. The third kappa shape index (κ3) is 5.92. The molecule has 0 bridgehead atoms. The number of carbonyl (C=O) groups excluding carboxylic acids is 1. The fourth-order valence-electron chi connectivity index (χ4n) is 3.16. The molecule has 2 aromatic rings. The summed E-state index contributed by atoms with van der Waals surface area (Å²) < 4.78 is 24.3. The van der Waals surface area contributed by atoms with Crippen LogP contribution in [0.1, 0.15) is 24.0 Å². The zero-order valence-corrected chi connectivity index (χ0v) is 16.6. The third-order valence-electron chi connectivity index (χ3n) is 4.83. The van der Waals surface area contributed by atoms with Gasteiger partial charge in [0.2, 0.25) is 5.91 Å². The highest BCUT2D eigenvalue weighted by molar-refractivity contribution is 5.95. The quantitative estimate of drug-likeness (QED) is 0.761. The van der Waals surface area contributed by atoms with E-state index in [1.165, 1.54) is 12.1 Å². The van der Waals surface area contributed by atoms with E-state index < -0.39 is 6.04 Å². The van der Waals surface area contributed by atoms with Crippen molar-refractivity contribution in [3.8, 4) is 5.75 Å². The largest absolute Gasteiger partial charge is 0.489 e. The van der Waals surface area contributed by atoms with E-state index in [9.17, 15) is 9.18 Å². The van der Waals surface area contributed by atoms with E-state index in [2.05, 4.69) is 5.32 Å². The number of rotatable bonds is 6. The van der Waals surface area contributed by atoms with Crippen LogP contribution in [0.3, 0.4) is 0 Å². The molecular weight excluding hydrogens is 383 g/mol. The maximum Gasteiger partial charge on any atom is 0.241 e. The van der Waals surface area contributed by atoms with Gasteiger partial charge in [0.15, 0.2) is 0 Å². The number of nitrogens with one attached hydrogen (secondary N) is 1. The van der Waals surface area contributed by atoms with Gasteiger partial charge in [-0.05, 0) is 67.1 Å². The minimum Gasteiger partial charge on any atom is -0.489 e. The second-order valence-corrected chi connectivity index (χ2v) is 6.86. The van der Waals surface area contributed by atoms with Crippen LogP contribution in [0.5, 0.6) is 5.75 Å². The van der Waals surface area contributed by atoms with Crippen LogP contribution in [0.15, 0.2) is 42.5 Å². The summed E-state index contributed by atoms with van der Waals surface area (Å²) in [6.07, 6.45) is 1.61. The molecule has 5 nitrogen and oxygen atoms in total. The molecule has 1 fully saturated rings. The predicted octanol–water partition coefficient (Wildman–Crippen LogP) is 3.83. The van der Waals surface area contributed by atoms with Crippen LogP contribution in [0.25, 0.3) is 0 Å². The highest BCUT2D eigenvalue weighted by Crippen LogP contribution is 2.24. The number of benzene rings is 2. The summed E-state index contributed by atoms with van der Waals surface area (Å²) in [4.78, 5) is 12.4. The van der Waals surface area contributed by atoms with Crippen LogP contribution in [-0.2, 0) is 16.1 Å². The van der Waals surface area contributed by atoms with Crippen molar-refractivity contribution in [3.63, 3.8) is 0 Å². The fraction of sp³-hybridized carbons (Fsp3) is 0.381. The second-order valence-electron chi connectivity index (χ2n) is 6.86. The first-order valence-corrected chi connectivity index (χ1v) is 9.15. The van der Waals surface area contributed by atoms with Gasteiger partial charge in [0, 0.05) is 18.9 Å². The van der Waals surface area contributed by atoms with Crippen molar-refractivity contribution in [2.75, 3.05) is 18.5 Å². The Labute approximate surface area is 170 Å². The number of anilines is 1. The van der Waals surface area contributed by atoms with Crippen molar-refractivity contribution in [3.05, 3.63) is 59.4 Å². The van der Waals surface area contributed by atoms with Crippen molar-refractivity contribution in [1.29, 1.82) is 0 Å². The maximum atomic E-state index is 13.2. The second kappa shape index (κ2) is 10.4. The van der Waals surface area contributed by atoms with Gasteiger partial charge >= 0.3 is 0 Å². The van der Waals surface area contributed by atoms with Crippen LogP contribution in [0.2, 0.25) is 0 Å². The lowest BCUT2D eigenvalue weighted by Gasteiger charge is -2.27. The summed E-state index contributed by atoms with van der Waals surface area (Å²) >= 11 is 0. The van der Waals surface area contributed by atoms with E-state index in [1.807, 2.05) is 19.1 Å². The zero-order chi connectivity index (χ0) is 19.2. The van der Waals surface area contributed by atoms with E-state index in [0.717, 1.165) is 24.0 Å². The Morgan fingerprint density at radius 2 is 2.04 bits per heavy atom. The number of nitrogens with two attached hydrogens (primary N) is 1. The zero-order valence-electron chi connectivity index (χ0n) is 15.8. The molecule has 1 aliphatic heterocycles. The number of hydrogen-bond donors (Lipinski definition) is 2. The number of amides is 1. The first-order chi connectivity index (χ1) is 13.0. The summed E-state index contributed by atoms with van der Waals surface area (Å²) in [5.41, 5.74) is 8.46. The molecule has 3 rings (SSSR count). The lowest BCUT2D eigenvalue weighted by Crippen LogP contribution is -2.44. The van der Waals surface area contributed by atoms with Gasteiger partial charge in [-0.1, -0.05) is 12.1 Å². The molecule has 1 atom stereocenters. The Kier molecular flexibility index (Phi) is 8.23. The number of carbonyl (C=O) groups is 1. The van der Waals surface area contributed by atoms with Crippen LogP contribution in [-0.4, -0.2) is 25.2 Å². The molecule has 0 aliphatic carbocycles. The van der Waals surface area contributed by atoms with Crippen molar-refractivity contribution >= 4 is 24.0 Å². The first kappa shape index (κ1) is 22.1. The Bertz CT molecular complexity index is 797. The standard InChI is InChI=1S/C21H25FN2O3.ClH/c1-14-11-18(27-13-15-3-2-4-17(22)12-15)5-6-19(14)24-21(25)20(23)16-7-9-26-10-8-16;/h2-6,11-12,16,20H,7-10,13,23H2,1H3,(H,24,25);1H. The van der Waals surface area contributed by atoms with Crippen molar-refractivity contribution in [2.24, 2.45) is 11.7 Å². The summed E-state index contributed by atoms with van der Waals surface area (Å²) in [5, 5.41) is 2.91. The SMILES string of the molecule is Cc1cc(OCc2cccc(F)c2)ccc1NC(=O)C(N)C1CCOCC1.Cl. The van der Waals surface area contributed by atoms with Gasteiger partial charge in [0.05, 0.1) is 6.04 Å². The lowest BCUT2D eigenvalue weighted by atomic mass is 9.92. The van der Waals surface area contributed by atoms with E-state index in [0.29, 0.717) is 24.7 Å². The Morgan fingerprint density at radius 3 is 2.71 bits per heavy atom. The molecule has 0 aromatic heterocycles. The van der Waals surface area contributed by atoms with Crippen molar-refractivity contribution in [1.82, 2.24) is 0 Å². The van der Waals surface area contributed by atoms with Gasteiger partial charge in [-0.15, -0.1) is 12.4 Å². The highest BCUT2D eigenvalue weighted by atomic mass is 35.5. The molecule has 2 aromatic carbocycles. The monoisotopic (exact) mass is 408 g/mol. The van der Waals surface area contributed by atoms with E-state index >= 15 is 0 Å². The molecule has 0 saturated carbocycles. The van der Waals surface area contributed by atoms with Crippen molar-refractivity contribution in [2.45, 2.75) is 32.4 Å². The fourth-order valence-corrected chi connectivity index (χ4v) is 3.16. The Morgan fingerprint density at radius 1 is 1.29 bits per heavy atom. The van der Waals surface area contributed by atoms with Crippen LogP contribution < -0.4 is 15.8 Å². The molecule has 3 N–H and O–H groups in total. The summed E-state index contributed by atoms with van der Waals surface area (Å²) in [6, 6.07) is 11.2. The summed E-state index contributed by atoms with van der Waals surface area (Å²) in [6.45, 7) is 3.48. The number of halogens is 2. The molecule has 1 unspecified atom stereocenters. The van der Waals surface area contributed by atoms with Crippen LogP contribution >= 0.6 is 12.4 Å². The molecule has 28 heavy (non-hydrogen) atoms. The molecule has 7 heteroatoms. The molecule has 152 valence electrons. The van der Waals surface area contributed by atoms with Gasteiger partial charge < -0.3 is 20.5 Å². The van der Waals surface area contributed by atoms with Gasteiger partial charge in [-0.25, -0.2) is 4.39 Å². The normalized spacial score (nSPS) is 15.4. The molecular formula is C21H26ClFN2O3. The van der Waals surface area contributed by atoms with Crippen LogP contribution in [0.4, 0.5) is 10.1 Å². The summed E-state index contributed by atoms with van der Waals surface area (Å²) in [7, 11) is 0. The summed E-state index contributed by atoms with van der Waals surface area (Å²) in [5.74, 6) is 0.334. The predicted molar refractivity (Wildman–Crippen MR) is 109 cm³/mol. The van der Waals surface area contributed by atoms with Crippen molar-refractivity contribution < 1.29 is 18.7 Å². The maximum absolute atomic E-state index is 13.2. The topological polar surface area (TPSA) is 73.6 Å². The number of aryl methyl sites for hydroxylation is 1. The van der Waals surface area contributed by atoms with Gasteiger partial charge in [-0.3, -0.25) is 4.79 Å². The Hall–Kier alpha value is -2.15. The molecule has 0 spiro atoms. The van der Waals surface area contributed by atoms with Gasteiger partial charge in [-0.2, -0.15) is 0 Å². The molecule has 1 saturated heterocycles. The lowest BCUT2D eigenvalue weighted by molar-refractivity contribution is -0.119. The minimum absolute atomic E-state index is 0. The Balaban J connectivity index is 0.00000280. The molecule has 0 radical (unpaired) electrons. The van der Waals surface area contributed by atoms with Crippen LogP contribution in [0, 0.1) is 18.7 Å². The molecule has 1 aliphatic rings. The van der Waals surface area contributed by atoms with Gasteiger partial charge in [0.1, 0.15) is 18.2 Å². The highest BCUT2D eigenvalue weighted by Gasteiger charge is 2.26. The smallest absolute Gasteiger partial charge is 0.241 e. The van der Waals surface area contributed by atoms with E-state index in [1.54, 1.807) is 18.2 Å². The number of ether oxygens (including phenoxy) is 2. The average molecular weight is 409 g/mol. The molecule has 1 amide bonds. The average Bonchev–Trinajstić information content (AvgIpc) is 2.68. The number of hydrogen-bond acceptors (Lipinski definition) is 4. The van der Waals surface area contributed by atoms with E-state index in [-0.39, 0.29) is 36.7 Å². The minimum atomic E-state index is -0.544. The molecule has 1 heterocycles.